The Bertz CT molecular complexity index is 104. The summed E-state index contributed by atoms with van der Waals surface area (Å²) in [7, 11) is -2.13. The van der Waals surface area contributed by atoms with Crippen molar-refractivity contribution in [3.05, 3.63) is 0 Å². The average Bonchev–Trinajstić information content (AvgIpc) is 1.88. The van der Waals surface area contributed by atoms with Gasteiger partial charge < -0.3 is 0 Å². The second-order valence-electron chi connectivity index (χ2n) is 3.06. The minimum absolute atomic E-state index is 0.644. The molecule has 0 aliphatic carbocycles. The van der Waals surface area contributed by atoms with Crippen LogP contribution in [0.5, 0.6) is 0 Å². The molecule has 1 fully saturated rings. The van der Waals surface area contributed by atoms with Gasteiger partial charge in [-0.05, 0) is 18.8 Å². The minimum Gasteiger partial charge on any atom is -0.299 e. The van der Waals surface area contributed by atoms with Crippen LogP contribution < -0.4 is 0 Å². The standard InChI is InChI=1S/C7H16O2S/c1-2-7-3-5-10(8,9)6-4-7/h7-9H,2-6H2,1H3. The Kier molecular flexibility index (Phi) is 2.61. The molecular formula is C7H16O2S. The van der Waals surface area contributed by atoms with Crippen molar-refractivity contribution < 1.29 is 9.11 Å². The highest BCUT2D eigenvalue weighted by Gasteiger charge is 2.22. The van der Waals surface area contributed by atoms with Gasteiger partial charge >= 0.3 is 0 Å². The molecule has 1 aliphatic rings. The second-order valence-corrected chi connectivity index (χ2v) is 5.48. The fourth-order valence-electron chi connectivity index (χ4n) is 1.37. The van der Waals surface area contributed by atoms with E-state index in [4.69, 9.17) is 0 Å². The van der Waals surface area contributed by atoms with E-state index in [1.165, 1.54) is 6.42 Å². The molecule has 0 aromatic carbocycles. The molecule has 1 heterocycles. The lowest BCUT2D eigenvalue weighted by Gasteiger charge is -2.38. The van der Waals surface area contributed by atoms with Crippen molar-refractivity contribution in [2.75, 3.05) is 11.5 Å². The first kappa shape index (κ1) is 8.37. The van der Waals surface area contributed by atoms with Crippen LogP contribution in [0.4, 0.5) is 0 Å². The molecule has 10 heavy (non-hydrogen) atoms. The highest BCUT2D eigenvalue weighted by atomic mass is 32.3. The Morgan fingerprint density at radius 1 is 1.30 bits per heavy atom. The van der Waals surface area contributed by atoms with Crippen molar-refractivity contribution in [2.24, 2.45) is 5.92 Å². The zero-order valence-electron chi connectivity index (χ0n) is 6.42. The first-order chi connectivity index (χ1) is 4.64. The Morgan fingerprint density at radius 2 is 1.80 bits per heavy atom. The maximum Gasteiger partial charge on any atom is 0.0377 e. The lowest BCUT2D eigenvalue weighted by Crippen LogP contribution is -2.19. The summed E-state index contributed by atoms with van der Waals surface area (Å²) < 4.78 is 18.5. The van der Waals surface area contributed by atoms with Crippen LogP contribution in [-0.2, 0) is 0 Å². The van der Waals surface area contributed by atoms with Gasteiger partial charge in [0, 0.05) is 11.5 Å². The van der Waals surface area contributed by atoms with E-state index in [-0.39, 0.29) is 0 Å². The van der Waals surface area contributed by atoms with Gasteiger partial charge in [-0.3, -0.25) is 9.11 Å². The summed E-state index contributed by atoms with van der Waals surface area (Å²) >= 11 is 0. The van der Waals surface area contributed by atoms with Gasteiger partial charge in [-0.25, -0.2) is 0 Å². The molecule has 2 nitrogen and oxygen atoms in total. The van der Waals surface area contributed by atoms with Crippen LogP contribution in [0.25, 0.3) is 0 Å². The van der Waals surface area contributed by atoms with Crippen molar-refractivity contribution in [1.29, 1.82) is 0 Å². The van der Waals surface area contributed by atoms with E-state index in [0.29, 0.717) is 11.5 Å². The molecule has 1 saturated heterocycles. The molecule has 0 aromatic heterocycles. The Balaban J connectivity index is 2.31. The zero-order chi connectivity index (χ0) is 7.61. The molecule has 0 amide bonds. The van der Waals surface area contributed by atoms with Gasteiger partial charge in [0.1, 0.15) is 0 Å². The molecule has 62 valence electrons. The molecule has 0 bridgehead atoms. The quantitative estimate of drug-likeness (QED) is 0.625. The molecule has 0 aromatic rings. The highest BCUT2D eigenvalue weighted by molar-refractivity contribution is 8.24. The fourth-order valence-corrected chi connectivity index (χ4v) is 2.99. The van der Waals surface area contributed by atoms with Gasteiger partial charge in [-0.2, -0.15) is 10.6 Å². The summed E-state index contributed by atoms with van der Waals surface area (Å²) in [5, 5.41) is 0. The number of hydrogen-bond acceptors (Lipinski definition) is 2. The van der Waals surface area contributed by atoms with E-state index < -0.39 is 10.6 Å². The molecule has 0 unspecified atom stereocenters. The fraction of sp³-hybridized carbons (Fsp3) is 1.00. The first-order valence-corrected chi connectivity index (χ1v) is 5.76. The van der Waals surface area contributed by atoms with Gasteiger partial charge in [-0.15, -0.1) is 0 Å². The highest BCUT2D eigenvalue weighted by Crippen LogP contribution is 2.46. The lowest BCUT2D eigenvalue weighted by atomic mass is 10.0. The molecule has 1 aliphatic heterocycles. The lowest BCUT2D eigenvalue weighted by molar-refractivity contribution is 0.411. The monoisotopic (exact) mass is 164 g/mol. The summed E-state index contributed by atoms with van der Waals surface area (Å²) in [6.45, 7) is 2.17. The maximum absolute atomic E-state index is 9.23. The molecule has 0 atom stereocenters. The third-order valence-corrected chi connectivity index (χ3v) is 4.06. The average molecular weight is 164 g/mol. The molecule has 3 heteroatoms. The molecule has 0 radical (unpaired) electrons. The van der Waals surface area contributed by atoms with E-state index in [9.17, 15) is 9.11 Å². The van der Waals surface area contributed by atoms with E-state index in [1.807, 2.05) is 0 Å². The molecule has 0 spiro atoms. The normalized spacial score (nSPS) is 29.9. The van der Waals surface area contributed by atoms with Crippen LogP contribution >= 0.6 is 10.6 Å². The third-order valence-electron chi connectivity index (χ3n) is 2.28. The predicted octanol–water partition coefficient (Wildman–Crippen LogP) is 2.56. The molecular weight excluding hydrogens is 148 g/mol. The molecule has 1 rings (SSSR count). The summed E-state index contributed by atoms with van der Waals surface area (Å²) in [6, 6.07) is 0. The van der Waals surface area contributed by atoms with Crippen LogP contribution in [-0.4, -0.2) is 20.6 Å². The Labute approximate surface area is 64.0 Å². The zero-order valence-corrected chi connectivity index (χ0v) is 7.23. The van der Waals surface area contributed by atoms with E-state index in [0.717, 1.165) is 18.8 Å². The predicted molar refractivity (Wildman–Crippen MR) is 45.6 cm³/mol. The van der Waals surface area contributed by atoms with Crippen LogP contribution in [0.2, 0.25) is 0 Å². The summed E-state index contributed by atoms with van der Waals surface area (Å²) in [4.78, 5) is 0. The summed E-state index contributed by atoms with van der Waals surface area (Å²) in [5.41, 5.74) is 0. The Morgan fingerprint density at radius 3 is 2.20 bits per heavy atom. The largest absolute Gasteiger partial charge is 0.299 e. The summed E-state index contributed by atoms with van der Waals surface area (Å²) in [5.74, 6) is 2.04. The van der Waals surface area contributed by atoms with Crippen molar-refractivity contribution >= 4 is 10.6 Å². The van der Waals surface area contributed by atoms with Gasteiger partial charge in [0.15, 0.2) is 0 Å². The molecule has 0 saturated carbocycles. The van der Waals surface area contributed by atoms with Gasteiger partial charge in [0.05, 0.1) is 0 Å². The number of hydrogen-bond donors (Lipinski definition) is 2. The Hall–Kier alpha value is 0.270. The topological polar surface area (TPSA) is 40.5 Å². The number of rotatable bonds is 1. The van der Waals surface area contributed by atoms with Crippen molar-refractivity contribution in [3.8, 4) is 0 Å². The van der Waals surface area contributed by atoms with Crippen molar-refractivity contribution in [3.63, 3.8) is 0 Å². The van der Waals surface area contributed by atoms with Crippen molar-refractivity contribution in [2.45, 2.75) is 26.2 Å². The first-order valence-electron chi connectivity index (χ1n) is 3.87. The minimum atomic E-state index is -2.13. The van der Waals surface area contributed by atoms with Crippen LogP contribution in [0, 0.1) is 5.92 Å². The van der Waals surface area contributed by atoms with Gasteiger partial charge in [-0.1, -0.05) is 13.3 Å². The molecule has 2 N–H and O–H groups in total. The van der Waals surface area contributed by atoms with Crippen LogP contribution in [0.15, 0.2) is 0 Å². The summed E-state index contributed by atoms with van der Waals surface area (Å²) in [6.07, 6.45) is 3.22. The van der Waals surface area contributed by atoms with E-state index in [2.05, 4.69) is 6.92 Å². The maximum atomic E-state index is 9.23. The van der Waals surface area contributed by atoms with Gasteiger partial charge in [0.2, 0.25) is 0 Å². The van der Waals surface area contributed by atoms with Crippen molar-refractivity contribution in [1.82, 2.24) is 0 Å². The second kappa shape index (κ2) is 3.11. The smallest absolute Gasteiger partial charge is 0.0377 e. The van der Waals surface area contributed by atoms with Crippen LogP contribution in [0.1, 0.15) is 26.2 Å². The van der Waals surface area contributed by atoms with E-state index in [1.54, 1.807) is 0 Å². The SMILES string of the molecule is CCC1CCS(O)(O)CC1. The third kappa shape index (κ3) is 2.15. The van der Waals surface area contributed by atoms with E-state index >= 15 is 0 Å². The van der Waals surface area contributed by atoms with Crippen LogP contribution in [0.3, 0.4) is 0 Å². The van der Waals surface area contributed by atoms with Gasteiger partial charge in [0.25, 0.3) is 0 Å².